The molecule has 1 fully saturated rings. The third kappa shape index (κ3) is 3.94. The van der Waals surface area contributed by atoms with E-state index in [-0.39, 0.29) is 23.8 Å². The van der Waals surface area contributed by atoms with Crippen molar-refractivity contribution in [2.75, 3.05) is 11.9 Å². The molecule has 1 aliphatic rings. The molecular weight excluding hydrogens is 290 g/mol. The number of benzene rings is 1. The highest BCUT2D eigenvalue weighted by molar-refractivity contribution is 5.96. The van der Waals surface area contributed by atoms with Gasteiger partial charge in [0.15, 0.2) is 0 Å². The van der Waals surface area contributed by atoms with E-state index in [4.69, 9.17) is 5.11 Å². The van der Waals surface area contributed by atoms with Crippen molar-refractivity contribution in [2.24, 2.45) is 5.92 Å². The summed E-state index contributed by atoms with van der Waals surface area (Å²) in [5, 5.41) is 25.4. The molecule has 22 heavy (non-hydrogen) atoms. The molecule has 0 aromatic heterocycles. The van der Waals surface area contributed by atoms with Crippen molar-refractivity contribution >= 4 is 23.3 Å². The number of hydrogen-bond acceptors (Lipinski definition) is 5. The Morgan fingerprint density at radius 1 is 1.45 bits per heavy atom. The number of anilines is 1. The van der Waals surface area contributed by atoms with Gasteiger partial charge in [0, 0.05) is 24.2 Å². The first-order valence-electron chi connectivity index (χ1n) is 6.94. The van der Waals surface area contributed by atoms with Crippen LogP contribution < -0.4 is 10.6 Å². The first-order chi connectivity index (χ1) is 10.4. The molecule has 3 N–H and O–H groups in total. The molecule has 0 spiro atoms. The number of aliphatic carboxylic acids is 1. The van der Waals surface area contributed by atoms with Crippen molar-refractivity contribution in [3.8, 4) is 0 Å². The molecule has 1 saturated carbocycles. The Morgan fingerprint density at radius 2 is 2.14 bits per heavy atom. The Morgan fingerprint density at radius 3 is 2.68 bits per heavy atom. The molecule has 1 atom stereocenters. The first kappa shape index (κ1) is 15.7. The van der Waals surface area contributed by atoms with Crippen molar-refractivity contribution in [1.29, 1.82) is 0 Å². The van der Waals surface area contributed by atoms with Gasteiger partial charge < -0.3 is 15.7 Å². The van der Waals surface area contributed by atoms with Gasteiger partial charge in [-0.25, -0.2) is 0 Å². The van der Waals surface area contributed by atoms with Gasteiger partial charge in [-0.15, -0.1) is 0 Å². The third-order valence-corrected chi connectivity index (χ3v) is 3.38. The second-order valence-electron chi connectivity index (χ2n) is 5.36. The number of nitro benzene ring substituents is 1. The maximum atomic E-state index is 11.9. The van der Waals surface area contributed by atoms with E-state index in [1.807, 2.05) is 0 Å². The van der Waals surface area contributed by atoms with Gasteiger partial charge in [0.1, 0.15) is 5.69 Å². The van der Waals surface area contributed by atoms with E-state index >= 15 is 0 Å². The number of nitrogens with one attached hydrogen (secondary N) is 2. The van der Waals surface area contributed by atoms with E-state index in [0.717, 1.165) is 12.8 Å². The minimum Gasteiger partial charge on any atom is -0.481 e. The van der Waals surface area contributed by atoms with E-state index in [1.165, 1.54) is 25.1 Å². The van der Waals surface area contributed by atoms with Crippen LogP contribution in [0.4, 0.5) is 11.4 Å². The smallest absolute Gasteiger partial charge is 0.308 e. The molecule has 118 valence electrons. The number of carbonyl (C=O) groups excluding carboxylic acids is 1. The zero-order chi connectivity index (χ0) is 16.3. The zero-order valence-electron chi connectivity index (χ0n) is 12.0. The number of nitrogens with zero attached hydrogens (tertiary/aromatic N) is 1. The quantitative estimate of drug-likeness (QED) is 0.520. The van der Waals surface area contributed by atoms with E-state index in [9.17, 15) is 19.7 Å². The van der Waals surface area contributed by atoms with Crippen LogP contribution in [-0.4, -0.2) is 34.5 Å². The Hall–Kier alpha value is -2.64. The van der Waals surface area contributed by atoms with Crippen molar-refractivity contribution in [3.63, 3.8) is 0 Å². The molecule has 0 saturated heterocycles. The normalized spacial score (nSPS) is 15.0. The number of carboxylic acids is 1. The fourth-order valence-electron chi connectivity index (χ4n) is 1.83. The van der Waals surface area contributed by atoms with Crippen LogP contribution in [0.1, 0.15) is 30.1 Å². The maximum Gasteiger partial charge on any atom is 0.308 e. The molecule has 1 aromatic carbocycles. The molecule has 0 bridgehead atoms. The van der Waals surface area contributed by atoms with Gasteiger partial charge >= 0.3 is 5.97 Å². The lowest BCUT2D eigenvalue weighted by Crippen LogP contribution is -2.31. The minimum absolute atomic E-state index is 0.0377. The summed E-state index contributed by atoms with van der Waals surface area (Å²) >= 11 is 0. The van der Waals surface area contributed by atoms with Crippen LogP contribution in [0.5, 0.6) is 0 Å². The van der Waals surface area contributed by atoms with Crippen LogP contribution in [0.3, 0.4) is 0 Å². The molecule has 1 amide bonds. The van der Waals surface area contributed by atoms with Crippen LogP contribution in [0.15, 0.2) is 18.2 Å². The van der Waals surface area contributed by atoms with Crippen molar-refractivity contribution in [2.45, 2.75) is 25.8 Å². The number of amides is 1. The Labute approximate surface area is 126 Å². The lowest BCUT2D eigenvalue weighted by atomic mass is 10.1. The number of nitro groups is 1. The van der Waals surface area contributed by atoms with Gasteiger partial charge in [-0.05, 0) is 25.0 Å². The molecule has 0 heterocycles. The number of rotatable bonds is 7. The predicted octanol–water partition coefficient (Wildman–Crippen LogP) is 1.62. The highest BCUT2D eigenvalue weighted by Gasteiger charge is 2.25. The highest BCUT2D eigenvalue weighted by atomic mass is 16.6. The summed E-state index contributed by atoms with van der Waals surface area (Å²) in [6.45, 7) is 1.43. The fraction of sp³-hybridized carbons (Fsp3) is 0.429. The minimum atomic E-state index is -1.02. The van der Waals surface area contributed by atoms with Gasteiger partial charge in [-0.1, -0.05) is 6.92 Å². The number of hydrogen-bond donors (Lipinski definition) is 3. The monoisotopic (exact) mass is 307 g/mol. The topological polar surface area (TPSA) is 122 Å². The summed E-state index contributed by atoms with van der Waals surface area (Å²) in [6.07, 6.45) is 1.96. The largest absolute Gasteiger partial charge is 0.481 e. The molecule has 8 heteroatoms. The second kappa shape index (κ2) is 6.42. The van der Waals surface area contributed by atoms with Gasteiger partial charge in [-0.3, -0.25) is 19.7 Å². The summed E-state index contributed by atoms with van der Waals surface area (Å²) in [4.78, 5) is 33.2. The summed E-state index contributed by atoms with van der Waals surface area (Å²) < 4.78 is 0. The maximum absolute atomic E-state index is 11.9. The summed E-state index contributed by atoms with van der Waals surface area (Å²) in [5.41, 5.74) is 0.361. The van der Waals surface area contributed by atoms with E-state index in [0.29, 0.717) is 5.69 Å². The Balaban J connectivity index is 2.10. The summed E-state index contributed by atoms with van der Waals surface area (Å²) in [7, 11) is 0. The van der Waals surface area contributed by atoms with Crippen molar-refractivity contribution in [3.05, 3.63) is 33.9 Å². The standard InChI is InChI=1S/C14H17N3O5/c1-8(14(19)20)7-15-13(18)9-2-5-11(16-10-3-4-10)12(6-9)17(21)22/h2,5-6,8,10,16H,3-4,7H2,1H3,(H,15,18)(H,19,20). The van der Waals surface area contributed by atoms with Crippen LogP contribution in [-0.2, 0) is 4.79 Å². The molecule has 8 nitrogen and oxygen atoms in total. The SMILES string of the molecule is CC(CNC(=O)c1ccc(NC2CC2)c([N+](=O)[O-])c1)C(=O)O. The van der Waals surface area contributed by atoms with E-state index in [1.54, 1.807) is 0 Å². The molecule has 1 aliphatic carbocycles. The van der Waals surface area contributed by atoms with Crippen molar-refractivity contribution in [1.82, 2.24) is 5.32 Å². The number of carboxylic acid groups (broad SMARTS) is 1. The van der Waals surface area contributed by atoms with Crippen molar-refractivity contribution < 1.29 is 19.6 Å². The lowest BCUT2D eigenvalue weighted by Gasteiger charge is -2.10. The molecule has 0 aliphatic heterocycles. The zero-order valence-corrected chi connectivity index (χ0v) is 12.0. The Kier molecular flexibility index (Phi) is 4.59. The summed E-state index contributed by atoms with van der Waals surface area (Å²) in [5.74, 6) is -2.28. The Bertz CT molecular complexity index is 612. The predicted molar refractivity (Wildman–Crippen MR) is 78.9 cm³/mol. The van der Waals surface area contributed by atoms with E-state index in [2.05, 4.69) is 10.6 Å². The molecule has 1 unspecified atom stereocenters. The van der Waals surface area contributed by atoms with Crippen LogP contribution >= 0.6 is 0 Å². The van der Waals surface area contributed by atoms with Gasteiger partial charge in [-0.2, -0.15) is 0 Å². The van der Waals surface area contributed by atoms with E-state index < -0.39 is 22.7 Å². The average molecular weight is 307 g/mol. The average Bonchev–Trinajstić information content (AvgIpc) is 3.28. The highest BCUT2D eigenvalue weighted by Crippen LogP contribution is 2.31. The number of carbonyl (C=O) groups is 2. The molecule has 2 rings (SSSR count). The molecule has 0 radical (unpaired) electrons. The second-order valence-corrected chi connectivity index (χ2v) is 5.36. The third-order valence-electron chi connectivity index (χ3n) is 3.38. The lowest BCUT2D eigenvalue weighted by molar-refractivity contribution is -0.384. The van der Waals surface area contributed by atoms with Crippen LogP contribution in [0.25, 0.3) is 0 Å². The molecular formula is C14H17N3O5. The van der Waals surface area contributed by atoms with Crippen LogP contribution in [0.2, 0.25) is 0 Å². The molecule has 1 aromatic rings. The van der Waals surface area contributed by atoms with Gasteiger partial charge in [0.2, 0.25) is 0 Å². The van der Waals surface area contributed by atoms with Gasteiger partial charge in [0.05, 0.1) is 10.8 Å². The summed E-state index contributed by atoms with van der Waals surface area (Å²) in [6, 6.07) is 4.45. The first-order valence-corrected chi connectivity index (χ1v) is 6.94. The van der Waals surface area contributed by atoms with Crippen LogP contribution in [0, 0.1) is 16.0 Å². The fourth-order valence-corrected chi connectivity index (χ4v) is 1.83. The van der Waals surface area contributed by atoms with Gasteiger partial charge in [0.25, 0.3) is 11.6 Å².